The van der Waals surface area contributed by atoms with E-state index in [1.54, 1.807) is 8.61 Å². The van der Waals surface area contributed by atoms with E-state index in [0.29, 0.717) is 43.2 Å². The van der Waals surface area contributed by atoms with Crippen molar-refractivity contribution in [3.05, 3.63) is 0 Å². The zero-order chi connectivity index (χ0) is 13.9. The van der Waals surface area contributed by atoms with Crippen molar-refractivity contribution in [1.82, 2.24) is 8.61 Å². The van der Waals surface area contributed by atoms with Crippen LogP contribution in [0.1, 0.15) is 26.2 Å². The summed E-state index contributed by atoms with van der Waals surface area (Å²) in [5.74, 6) is 1.77. The van der Waals surface area contributed by atoms with Gasteiger partial charge in [-0.3, -0.25) is 0 Å². The van der Waals surface area contributed by atoms with Crippen LogP contribution in [-0.4, -0.2) is 60.1 Å². The molecule has 0 aliphatic carbocycles. The van der Waals surface area contributed by atoms with E-state index < -0.39 is 10.2 Å². The van der Waals surface area contributed by atoms with E-state index in [2.05, 4.69) is 6.92 Å². The lowest BCUT2D eigenvalue weighted by Gasteiger charge is -2.38. The third-order valence-electron chi connectivity index (χ3n) is 3.91. The first-order chi connectivity index (χ1) is 9.07. The molecule has 2 fully saturated rings. The Hall–Kier alpha value is 0.510. The van der Waals surface area contributed by atoms with Gasteiger partial charge in [-0.1, -0.05) is 6.92 Å². The number of nitrogens with zero attached hydrogens (tertiary/aromatic N) is 2. The summed E-state index contributed by atoms with van der Waals surface area (Å²) in [5, 5.41) is 0.442. The van der Waals surface area contributed by atoms with Gasteiger partial charge in [0.05, 0.1) is 0 Å². The predicted molar refractivity (Wildman–Crippen MR) is 82.0 cm³/mol. The molecule has 0 amide bonds. The molecule has 0 aromatic carbocycles. The number of hydrogen-bond donors (Lipinski definition) is 0. The highest BCUT2D eigenvalue weighted by Crippen LogP contribution is 2.27. The smallest absolute Gasteiger partial charge is 0.195 e. The number of piperidine rings is 1. The zero-order valence-corrected chi connectivity index (χ0v) is 13.8. The number of rotatable bonds is 4. The summed E-state index contributed by atoms with van der Waals surface area (Å²) < 4.78 is 28.6. The van der Waals surface area contributed by atoms with Crippen molar-refractivity contribution in [3.8, 4) is 0 Å². The quantitative estimate of drug-likeness (QED) is 0.742. The second kappa shape index (κ2) is 6.98. The summed E-state index contributed by atoms with van der Waals surface area (Å²) in [6, 6.07) is 0. The second-order valence-electron chi connectivity index (χ2n) is 5.29. The molecule has 0 spiro atoms. The maximum atomic E-state index is 12.7. The molecule has 2 saturated heterocycles. The first kappa shape index (κ1) is 15.9. The van der Waals surface area contributed by atoms with Gasteiger partial charge in [-0.25, -0.2) is 0 Å². The first-order valence-electron chi connectivity index (χ1n) is 7.00. The Bertz CT molecular complexity index is 361. The van der Waals surface area contributed by atoms with Crippen molar-refractivity contribution in [2.24, 2.45) is 5.92 Å². The predicted octanol–water partition coefficient (Wildman–Crippen LogP) is 2.01. The normalized spacial score (nSPS) is 31.5. The Balaban J connectivity index is 2.04. The maximum absolute atomic E-state index is 12.7. The lowest BCUT2D eigenvalue weighted by atomic mass is 10.0. The third kappa shape index (κ3) is 3.79. The highest BCUT2D eigenvalue weighted by Gasteiger charge is 2.35. The molecular weight excluding hydrogens is 304 g/mol. The fraction of sp³-hybridized carbons (Fsp3) is 1.00. The Labute approximate surface area is 126 Å². The topological polar surface area (TPSA) is 40.6 Å². The van der Waals surface area contributed by atoms with Gasteiger partial charge < -0.3 is 0 Å². The van der Waals surface area contributed by atoms with Crippen molar-refractivity contribution in [1.29, 1.82) is 0 Å². The molecule has 4 nitrogen and oxygen atoms in total. The molecule has 112 valence electrons. The molecule has 0 radical (unpaired) electrons. The van der Waals surface area contributed by atoms with Gasteiger partial charge in [0, 0.05) is 43.1 Å². The largest absolute Gasteiger partial charge is 0.282 e. The average molecular weight is 327 g/mol. The van der Waals surface area contributed by atoms with Crippen LogP contribution in [0.3, 0.4) is 0 Å². The average Bonchev–Trinajstić information content (AvgIpc) is 2.47. The Kier molecular flexibility index (Phi) is 5.84. The van der Waals surface area contributed by atoms with E-state index in [-0.39, 0.29) is 0 Å². The van der Waals surface area contributed by atoms with Crippen molar-refractivity contribution in [2.45, 2.75) is 31.4 Å². The van der Waals surface area contributed by atoms with Gasteiger partial charge in [-0.05, 0) is 25.2 Å². The maximum Gasteiger partial charge on any atom is 0.282 e. The van der Waals surface area contributed by atoms with Crippen molar-refractivity contribution in [3.63, 3.8) is 0 Å². The van der Waals surface area contributed by atoms with Crippen LogP contribution in [0.4, 0.5) is 0 Å². The van der Waals surface area contributed by atoms with Gasteiger partial charge in [-0.15, -0.1) is 11.6 Å². The Morgan fingerprint density at radius 3 is 2.68 bits per heavy atom. The lowest BCUT2D eigenvalue weighted by molar-refractivity contribution is 0.260. The van der Waals surface area contributed by atoms with Crippen LogP contribution >= 0.6 is 23.4 Å². The van der Waals surface area contributed by atoms with E-state index in [0.717, 1.165) is 25.0 Å². The summed E-state index contributed by atoms with van der Waals surface area (Å²) in [5.41, 5.74) is 0. The molecule has 2 unspecified atom stereocenters. The van der Waals surface area contributed by atoms with E-state index in [1.165, 1.54) is 0 Å². The summed E-state index contributed by atoms with van der Waals surface area (Å²) >= 11 is 7.78. The minimum absolute atomic E-state index is 0.311. The van der Waals surface area contributed by atoms with E-state index in [4.69, 9.17) is 11.6 Å². The third-order valence-corrected chi connectivity index (χ3v) is 7.69. The van der Waals surface area contributed by atoms with Gasteiger partial charge in [-0.2, -0.15) is 28.8 Å². The highest BCUT2D eigenvalue weighted by molar-refractivity contribution is 8.00. The van der Waals surface area contributed by atoms with Crippen LogP contribution in [0.2, 0.25) is 0 Å². The van der Waals surface area contributed by atoms with E-state index in [1.807, 2.05) is 11.8 Å². The second-order valence-corrected chi connectivity index (χ2v) is 8.93. The molecule has 0 bridgehead atoms. The molecule has 7 heteroatoms. The molecule has 2 atom stereocenters. The van der Waals surface area contributed by atoms with Gasteiger partial charge in [0.25, 0.3) is 10.2 Å². The van der Waals surface area contributed by atoms with Crippen LogP contribution in [0, 0.1) is 5.92 Å². The van der Waals surface area contributed by atoms with Gasteiger partial charge >= 0.3 is 0 Å². The molecule has 2 aliphatic heterocycles. The Morgan fingerprint density at radius 1 is 1.26 bits per heavy atom. The summed E-state index contributed by atoms with van der Waals surface area (Å²) in [7, 11) is -3.28. The molecular formula is C12H23ClN2O2S2. The van der Waals surface area contributed by atoms with Crippen LogP contribution in [0.5, 0.6) is 0 Å². The molecule has 0 saturated carbocycles. The first-order valence-corrected chi connectivity index (χ1v) is 9.98. The van der Waals surface area contributed by atoms with Gasteiger partial charge in [0.2, 0.25) is 0 Å². The minimum Gasteiger partial charge on any atom is -0.195 e. The monoisotopic (exact) mass is 326 g/mol. The SMILES string of the molecule is CCC1CN(S(=O)(=O)N2CCCC(CCl)C2)CCS1. The summed E-state index contributed by atoms with van der Waals surface area (Å²) in [6.07, 6.45) is 3.00. The van der Waals surface area contributed by atoms with Crippen LogP contribution in [0.25, 0.3) is 0 Å². The Morgan fingerprint density at radius 2 is 2.00 bits per heavy atom. The fourth-order valence-corrected chi connectivity index (χ4v) is 6.09. The zero-order valence-electron chi connectivity index (χ0n) is 11.4. The minimum atomic E-state index is -3.28. The number of thioether (sulfide) groups is 1. The number of hydrogen-bond acceptors (Lipinski definition) is 3. The molecule has 0 aromatic rings. The molecule has 19 heavy (non-hydrogen) atoms. The lowest BCUT2D eigenvalue weighted by Crippen LogP contribution is -2.51. The molecule has 2 rings (SSSR count). The van der Waals surface area contributed by atoms with Crippen LogP contribution in [-0.2, 0) is 10.2 Å². The van der Waals surface area contributed by atoms with Crippen LogP contribution in [0.15, 0.2) is 0 Å². The molecule has 0 N–H and O–H groups in total. The van der Waals surface area contributed by atoms with Crippen molar-refractivity contribution in [2.75, 3.05) is 37.8 Å². The van der Waals surface area contributed by atoms with Crippen molar-refractivity contribution >= 4 is 33.6 Å². The standard InChI is InChI=1S/C12H23ClN2O2S2/c1-2-12-10-15(6-7-18-12)19(16,17)14-5-3-4-11(8-13)9-14/h11-12H,2-10H2,1H3. The molecule has 2 aliphatic rings. The fourth-order valence-electron chi connectivity index (χ4n) is 2.67. The van der Waals surface area contributed by atoms with Crippen molar-refractivity contribution < 1.29 is 8.42 Å². The van der Waals surface area contributed by atoms with Gasteiger partial charge in [0.1, 0.15) is 0 Å². The van der Waals surface area contributed by atoms with E-state index >= 15 is 0 Å². The summed E-state index contributed by atoms with van der Waals surface area (Å²) in [6.45, 7) is 4.66. The summed E-state index contributed by atoms with van der Waals surface area (Å²) in [4.78, 5) is 0. The highest BCUT2D eigenvalue weighted by atomic mass is 35.5. The van der Waals surface area contributed by atoms with Gasteiger partial charge in [0.15, 0.2) is 0 Å². The molecule has 0 aromatic heterocycles. The number of alkyl halides is 1. The number of halogens is 1. The van der Waals surface area contributed by atoms with E-state index in [9.17, 15) is 8.42 Å². The van der Waals surface area contributed by atoms with Crippen LogP contribution < -0.4 is 0 Å². The molecule has 2 heterocycles.